The van der Waals surface area contributed by atoms with Crippen molar-refractivity contribution in [3.8, 4) is 5.75 Å². The highest BCUT2D eigenvalue weighted by Gasteiger charge is 2.35. The van der Waals surface area contributed by atoms with E-state index in [0.717, 1.165) is 36.6 Å². The Bertz CT molecular complexity index is 1120. The molecule has 0 aliphatic heterocycles. The molecule has 0 radical (unpaired) electrons. The zero-order chi connectivity index (χ0) is 23.1. The third-order valence-electron chi connectivity index (χ3n) is 5.92. The summed E-state index contributed by atoms with van der Waals surface area (Å²) in [5.74, 6) is 0.847. The fraction of sp³-hybridized carbons (Fsp3) is 0.417. The van der Waals surface area contributed by atoms with Gasteiger partial charge in [0.2, 0.25) is 5.95 Å². The first-order valence-corrected chi connectivity index (χ1v) is 10.6. The molecule has 0 unspecified atom stereocenters. The van der Waals surface area contributed by atoms with Gasteiger partial charge in [-0.05, 0) is 73.1 Å². The molecule has 32 heavy (non-hydrogen) atoms. The number of nitrogens with one attached hydrogen (secondary N) is 1. The van der Waals surface area contributed by atoms with Crippen LogP contribution in [0.3, 0.4) is 0 Å². The standard InChI is InChI=1S/C24H26F3N3O2/c1-15-10-18(13-23(2,3)12-15)30-21-11-16(14-31)4-9-20(21)29-22(30)28-17-5-7-19(8-6-17)32-24(25,26)27/h4-9,11,14-15,18H,10,12-13H2,1-3H3,(H,28,29)/t15-,18+/m1/s1. The second-order valence-electron chi connectivity index (χ2n) is 9.44. The first-order valence-electron chi connectivity index (χ1n) is 10.6. The minimum Gasteiger partial charge on any atom is -0.406 e. The first-order chi connectivity index (χ1) is 15.0. The topological polar surface area (TPSA) is 56.1 Å². The van der Waals surface area contributed by atoms with E-state index in [1.165, 1.54) is 24.3 Å². The maximum absolute atomic E-state index is 12.4. The summed E-state index contributed by atoms with van der Waals surface area (Å²) in [5.41, 5.74) is 2.95. The number of halogens is 3. The van der Waals surface area contributed by atoms with Gasteiger partial charge in [0.1, 0.15) is 12.0 Å². The molecular weight excluding hydrogens is 419 g/mol. The van der Waals surface area contributed by atoms with E-state index in [4.69, 9.17) is 4.98 Å². The Morgan fingerprint density at radius 1 is 1.16 bits per heavy atom. The summed E-state index contributed by atoms with van der Waals surface area (Å²) < 4.78 is 43.4. The van der Waals surface area contributed by atoms with Crippen LogP contribution in [0.1, 0.15) is 56.4 Å². The largest absolute Gasteiger partial charge is 0.573 e. The summed E-state index contributed by atoms with van der Waals surface area (Å²) in [6.45, 7) is 6.77. The molecule has 8 heteroatoms. The number of hydrogen-bond acceptors (Lipinski definition) is 4. The molecule has 1 N–H and O–H groups in total. The zero-order valence-electron chi connectivity index (χ0n) is 18.2. The number of alkyl halides is 3. The highest BCUT2D eigenvalue weighted by molar-refractivity contribution is 5.87. The first kappa shape index (κ1) is 22.2. The second-order valence-corrected chi connectivity index (χ2v) is 9.44. The molecule has 4 rings (SSSR count). The maximum Gasteiger partial charge on any atom is 0.573 e. The van der Waals surface area contributed by atoms with Crippen molar-refractivity contribution in [3.05, 3.63) is 48.0 Å². The number of benzene rings is 2. The molecule has 0 amide bonds. The number of aldehydes is 1. The predicted octanol–water partition coefficient (Wildman–Crippen LogP) is 6.88. The van der Waals surface area contributed by atoms with Gasteiger partial charge in [0, 0.05) is 17.3 Å². The van der Waals surface area contributed by atoms with Crippen molar-refractivity contribution in [2.75, 3.05) is 5.32 Å². The van der Waals surface area contributed by atoms with E-state index in [9.17, 15) is 18.0 Å². The Morgan fingerprint density at radius 2 is 1.88 bits per heavy atom. The van der Waals surface area contributed by atoms with Crippen LogP contribution < -0.4 is 10.1 Å². The fourth-order valence-electron chi connectivity index (χ4n) is 5.00. The van der Waals surface area contributed by atoms with Crippen LogP contribution in [0.15, 0.2) is 42.5 Å². The highest BCUT2D eigenvalue weighted by Crippen LogP contribution is 2.46. The lowest BCUT2D eigenvalue weighted by Crippen LogP contribution is -2.29. The van der Waals surface area contributed by atoms with Gasteiger partial charge in [-0.3, -0.25) is 4.79 Å². The van der Waals surface area contributed by atoms with Crippen molar-refractivity contribution >= 4 is 29.0 Å². The average molecular weight is 445 g/mol. The number of anilines is 2. The molecule has 170 valence electrons. The second kappa shape index (κ2) is 8.15. The normalized spacial score (nSPS) is 20.8. The summed E-state index contributed by atoms with van der Waals surface area (Å²) in [6, 6.07) is 11.1. The molecule has 1 aliphatic carbocycles. The van der Waals surface area contributed by atoms with E-state index in [0.29, 0.717) is 23.1 Å². The van der Waals surface area contributed by atoms with Crippen LogP contribution in [0, 0.1) is 11.3 Å². The molecular formula is C24H26F3N3O2. The molecule has 2 atom stereocenters. The van der Waals surface area contributed by atoms with Crippen LogP contribution in [0.4, 0.5) is 24.8 Å². The summed E-state index contributed by atoms with van der Waals surface area (Å²) in [6.07, 6.45) is -0.839. The van der Waals surface area contributed by atoms with Crippen molar-refractivity contribution in [2.45, 2.75) is 52.4 Å². The monoisotopic (exact) mass is 445 g/mol. The summed E-state index contributed by atoms with van der Waals surface area (Å²) in [4.78, 5) is 16.1. The average Bonchev–Trinajstić information content (AvgIpc) is 3.03. The molecule has 0 saturated heterocycles. The number of ether oxygens (including phenoxy) is 1. The van der Waals surface area contributed by atoms with Crippen LogP contribution in [-0.4, -0.2) is 22.2 Å². The molecule has 0 spiro atoms. The van der Waals surface area contributed by atoms with E-state index in [1.807, 2.05) is 12.1 Å². The summed E-state index contributed by atoms with van der Waals surface area (Å²) in [7, 11) is 0. The number of carbonyl (C=O) groups excluding carboxylic acids is 1. The van der Waals surface area contributed by atoms with Gasteiger partial charge in [-0.1, -0.05) is 20.8 Å². The van der Waals surface area contributed by atoms with Crippen LogP contribution in [0.2, 0.25) is 0 Å². The van der Waals surface area contributed by atoms with Crippen LogP contribution in [-0.2, 0) is 0 Å². The molecule has 2 aromatic carbocycles. The zero-order valence-corrected chi connectivity index (χ0v) is 18.2. The number of nitrogens with zero attached hydrogens (tertiary/aromatic N) is 2. The van der Waals surface area contributed by atoms with Crippen molar-refractivity contribution in [3.63, 3.8) is 0 Å². The smallest absolute Gasteiger partial charge is 0.406 e. The predicted molar refractivity (Wildman–Crippen MR) is 117 cm³/mol. The Kier molecular flexibility index (Phi) is 5.65. The lowest BCUT2D eigenvalue weighted by molar-refractivity contribution is -0.274. The molecule has 0 bridgehead atoms. The summed E-state index contributed by atoms with van der Waals surface area (Å²) in [5, 5.41) is 3.26. The van der Waals surface area contributed by atoms with Gasteiger partial charge >= 0.3 is 6.36 Å². The molecule has 1 aliphatic rings. The van der Waals surface area contributed by atoms with Gasteiger partial charge in [-0.2, -0.15) is 0 Å². The van der Waals surface area contributed by atoms with Gasteiger partial charge in [0.05, 0.1) is 11.0 Å². The fourth-order valence-corrected chi connectivity index (χ4v) is 5.00. The molecule has 1 fully saturated rings. The van der Waals surface area contributed by atoms with Gasteiger partial charge in [-0.15, -0.1) is 13.2 Å². The minimum atomic E-state index is -4.73. The Hall–Kier alpha value is -3.03. The third-order valence-corrected chi connectivity index (χ3v) is 5.92. The van der Waals surface area contributed by atoms with Crippen LogP contribution >= 0.6 is 0 Å². The van der Waals surface area contributed by atoms with Gasteiger partial charge in [0.15, 0.2) is 0 Å². The van der Waals surface area contributed by atoms with E-state index in [2.05, 4.69) is 35.4 Å². The Morgan fingerprint density at radius 3 is 2.50 bits per heavy atom. The van der Waals surface area contributed by atoms with Gasteiger partial charge in [-0.25, -0.2) is 4.98 Å². The van der Waals surface area contributed by atoms with E-state index < -0.39 is 6.36 Å². The maximum atomic E-state index is 12.4. The van der Waals surface area contributed by atoms with Gasteiger partial charge in [0.25, 0.3) is 0 Å². The highest BCUT2D eigenvalue weighted by atomic mass is 19.4. The van der Waals surface area contributed by atoms with Crippen molar-refractivity contribution in [2.24, 2.45) is 11.3 Å². The summed E-state index contributed by atoms with van der Waals surface area (Å²) >= 11 is 0. The Balaban J connectivity index is 1.72. The molecule has 1 aromatic heterocycles. The lowest BCUT2D eigenvalue weighted by atomic mass is 9.70. The number of rotatable bonds is 5. The number of carbonyl (C=O) groups is 1. The lowest BCUT2D eigenvalue weighted by Gasteiger charge is -2.40. The quantitative estimate of drug-likeness (QED) is 0.435. The molecule has 5 nitrogen and oxygen atoms in total. The number of fused-ring (bicyclic) bond motifs is 1. The van der Waals surface area contributed by atoms with Crippen molar-refractivity contribution in [1.82, 2.24) is 9.55 Å². The van der Waals surface area contributed by atoms with Crippen LogP contribution in [0.25, 0.3) is 11.0 Å². The van der Waals surface area contributed by atoms with E-state index in [-0.39, 0.29) is 17.2 Å². The van der Waals surface area contributed by atoms with E-state index in [1.54, 1.807) is 6.07 Å². The SMILES string of the molecule is C[C@@H]1C[C@H](n2c(Nc3ccc(OC(F)(F)F)cc3)nc3ccc(C=O)cc32)CC(C)(C)C1. The van der Waals surface area contributed by atoms with Crippen molar-refractivity contribution < 1.29 is 22.7 Å². The molecule has 1 saturated carbocycles. The van der Waals surface area contributed by atoms with Crippen molar-refractivity contribution in [1.29, 1.82) is 0 Å². The van der Waals surface area contributed by atoms with Gasteiger partial charge < -0.3 is 14.6 Å². The molecule has 1 heterocycles. The number of imidazole rings is 1. The van der Waals surface area contributed by atoms with Crippen LogP contribution in [0.5, 0.6) is 5.75 Å². The number of aromatic nitrogens is 2. The minimum absolute atomic E-state index is 0.162. The Labute approximate surface area is 184 Å². The number of hydrogen-bond donors (Lipinski definition) is 1. The molecule has 3 aromatic rings. The van der Waals surface area contributed by atoms with E-state index >= 15 is 0 Å². The third kappa shape index (κ3) is 4.89.